The first-order chi connectivity index (χ1) is 23.8. The van der Waals surface area contributed by atoms with Crippen LogP contribution in [0.3, 0.4) is 0 Å². The summed E-state index contributed by atoms with van der Waals surface area (Å²) < 4.78 is 12.8. The Morgan fingerprint density at radius 3 is 1.04 bits per heavy atom. The minimum absolute atomic E-state index is 0.906. The Kier molecular flexibility index (Phi) is 5.14. The molecule has 2 nitrogen and oxygen atoms in total. The van der Waals surface area contributed by atoms with Crippen LogP contribution in [-0.4, -0.2) is 0 Å². The lowest BCUT2D eigenvalue weighted by Gasteiger charge is -2.18. The van der Waals surface area contributed by atoms with Gasteiger partial charge in [0.25, 0.3) is 0 Å². The summed E-state index contributed by atoms with van der Waals surface area (Å²) in [5.74, 6) is 0. The number of benzene rings is 9. The summed E-state index contributed by atoms with van der Waals surface area (Å²) in [4.78, 5) is 0. The van der Waals surface area contributed by atoms with Crippen molar-refractivity contribution in [2.75, 3.05) is 0 Å². The third-order valence-electron chi connectivity index (χ3n) is 10.2. The van der Waals surface area contributed by atoms with E-state index >= 15 is 0 Å². The standard InChI is InChI=1S/C46H26O2/c1-3-11-31-27(9-1)17-23-41-45(31)37-25-29(19-21-39(37)47-41)43-33-13-5-7-15-35(33)44(36-16-8-6-14-34(36)43)30-20-22-40-38(26-30)46-32-12-4-2-10-28(32)18-24-42(46)48-40/h1-26H. The Morgan fingerprint density at radius 2 is 0.625 bits per heavy atom. The van der Waals surface area contributed by atoms with Crippen molar-refractivity contribution in [3.8, 4) is 22.3 Å². The summed E-state index contributed by atoms with van der Waals surface area (Å²) in [7, 11) is 0. The van der Waals surface area contributed by atoms with Crippen molar-refractivity contribution < 1.29 is 8.83 Å². The van der Waals surface area contributed by atoms with Crippen LogP contribution in [0.15, 0.2) is 167 Å². The molecule has 0 unspecified atom stereocenters. The van der Waals surface area contributed by atoms with Gasteiger partial charge in [-0.2, -0.15) is 0 Å². The van der Waals surface area contributed by atoms with Crippen LogP contribution in [0.2, 0.25) is 0 Å². The first-order valence-electron chi connectivity index (χ1n) is 16.4. The van der Waals surface area contributed by atoms with E-state index in [9.17, 15) is 0 Å². The van der Waals surface area contributed by atoms with Crippen molar-refractivity contribution in [1.82, 2.24) is 0 Å². The summed E-state index contributed by atoms with van der Waals surface area (Å²) in [5, 5.41) is 14.4. The van der Waals surface area contributed by atoms with Crippen LogP contribution in [0, 0.1) is 0 Å². The zero-order valence-electron chi connectivity index (χ0n) is 25.8. The minimum Gasteiger partial charge on any atom is -0.456 e. The largest absolute Gasteiger partial charge is 0.456 e. The second-order valence-electron chi connectivity index (χ2n) is 12.8. The molecule has 9 aromatic carbocycles. The SMILES string of the molecule is c1ccc2c(c1)ccc1oc3ccc(-c4c5ccccc5c(-c5ccc6oc7ccc8ccccc8c7c6c5)c5ccccc45)cc3c12. The highest BCUT2D eigenvalue weighted by Gasteiger charge is 2.20. The molecule has 0 radical (unpaired) electrons. The summed E-state index contributed by atoms with van der Waals surface area (Å²) in [6.07, 6.45) is 0. The maximum absolute atomic E-state index is 6.38. The third kappa shape index (κ3) is 3.52. The normalized spacial score (nSPS) is 12.2. The van der Waals surface area contributed by atoms with Gasteiger partial charge in [0, 0.05) is 21.5 Å². The smallest absolute Gasteiger partial charge is 0.136 e. The molecule has 0 fully saturated rings. The van der Waals surface area contributed by atoms with E-state index in [4.69, 9.17) is 8.83 Å². The van der Waals surface area contributed by atoms with Crippen LogP contribution in [0.1, 0.15) is 0 Å². The molecular formula is C46H26O2. The fraction of sp³-hybridized carbons (Fsp3) is 0. The van der Waals surface area contributed by atoms with Gasteiger partial charge in [-0.25, -0.2) is 0 Å². The molecule has 0 aliphatic rings. The van der Waals surface area contributed by atoms with Crippen molar-refractivity contribution in [2.24, 2.45) is 0 Å². The summed E-state index contributed by atoms with van der Waals surface area (Å²) in [5.41, 5.74) is 8.48. The van der Waals surface area contributed by atoms with Gasteiger partial charge >= 0.3 is 0 Å². The van der Waals surface area contributed by atoms with Gasteiger partial charge in [0.2, 0.25) is 0 Å². The number of hydrogen-bond donors (Lipinski definition) is 0. The van der Waals surface area contributed by atoms with E-state index in [0.717, 1.165) is 33.1 Å². The molecule has 48 heavy (non-hydrogen) atoms. The molecule has 0 saturated carbocycles. The van der Waals surface area contributed by atoms with Crippen molar-refractivity contribution in [2.45, 2.75) is 0 Å². The highest BCUT2D eigenvalue weighted by molar-refractivity contribution is 6.25. The molecule has 0 bridgehead atoms. The lowest BCUT2D eigenvalue weighted by molar-refractivity contribution is 0.669. The van der Waals surface area contributed by atoms with Gasteiger partial charge in [0.05, 0.1) is 0 Å². The molecule has 0 N–H and O–H groups in total. The van der Waals surface area contributed by atoms with E-state index in [1.165, 1.54) is 76.1 Å². The molecule has 0 saturated heterocycles. The van der Waals surface area contributed by atoms with Crippen LogP contribution in [0.25, 0.3) is 109 Å². The number of furan rings is 2. The van der Waals surface area contributed by atoms with Crippen LogP contribution in [0.5, 0.6) is 0 Å². The van der Waals surface area contributed by atoms with E-state index in [2.05, 4.69) is 158 Å². The predicted octanol–water partition coefficient (Wildman–Crippen LogP) is 13.4. The van der Waals surface area contributed by atoms with Crippen LogP contribution in [0.4, 0.5) is 0 Å². The summed E-state index contributed by atoms with van der Waals surface area (Å²) in [6, 6.07) is 56.7. The van der Waals surface area contributed by atoms with Crippen LogP contribution >= 0.6 is 0 Å². The van der Waals surface area contributed by atoms with E-state index in [0.29, 0.717) is 0 Å². The first-order valence-corrected chi connectivity index (χ1v) is 16.4. The molecule has 222 valence electrons. The van der Waals surface area contributed by atoms with Crippen molar-refractivity contribution >= 4 is 87.0 Å². The average Bonchev–Trinajstić information content (AvgIpc) is 3.72. The van der Waals surface area contributed by atoms with Gasteiger partial charge < -0.3 is 8.83 Å². The van der Waals surface area contributed by atoms with Gasteiger partial charge in [-0.1, -0.05) is 121 Å². The highest BCUT2D eigenvalue weighted by Crippen LogP contribution is 2.46. The van der Waals surface area contributed by atoms with Crippen molar-refractivity contribution in [3.63, 3.8) is 0 Å². The lowest BCUT2D eigenvalue weighted by Crippen LogP contribution is -1.90. The third-order valence-corrected chi connectivity index (χ3v) is 10.2. The second-order valence-corrected chi connectivity index (χ2v) is 12.8. The van der Waals surface area contributed by atoms with Gasteiger partial charge in [0.1, 0.15) is 22.3 Å². The molecule has 0 aliphatic heterocycles. The lowest BCUT2D eigenvalue weighted by atomic mass is 9.85. The fourth-order valence-corrected chi connectivity index (χ4v) is 8.16. The van der Waals surface area contributed by atoms with Gasteiger partial charge in [-0.15, -0.1) is 0 Å². The maximum Gasteiger partial charge on any atom is 0.136 e. The molecule has 0 atom stereocenters. The maximum atomic E-state index is 6.38. The molecule has 0 amide bonds. The molecule has 2 heterocycles. The van der Waals surface area contributed by atoms with Gasteiger partial charge in [0.15, 0.2) is 0 Å². The topological polar surface area (TPSA) is 26.3 Å². The zero-order chi connectivity index (χ0) is 31.3. The first kappa shape index (κ1) is 25.8. The van der Waals surface area contributed by atoms with Gasteiger partial charge in [-0.3, -0.25) is 0 Å². The summed E-state index contributed by atoms with van der Waals surface area (Å²) in [6.45, 7) is 0. The van der Waals surface area contributed by atoms with Gasteiger partial charge in [-0.05, 0) is 102 Å². The Hall–Kier alpha value is -6.38. The number of fused-ring (bicyclic) bond motifs is 12. The van der Waals surface area contributed by atoms with E-state index in [-0.39, 0.29) is 0 Å². The zero-order valence-corrected chi connectivity index (χ0v) is 25.8. The van der Waals surface area contributed by atoms with E-state index < -0.39 is 0 Å². The predicted molar refractivity (Wildman–Crippen MR) is 202 cm³/mol. The van der Waals surface area contributed by atoms with Crippen LogP contribution < -0.4 is 0 Å². The molecule has 0 aliphatic carbocycles. The van der Waals surface area contributed by atoms with Crippen molar-refractivity contribution in [3.05, 3.63) is 158 Å². The summed E-state index contributed by atoms with van der Waals surface area (Å²) >= 11 is 0. The molecule has 11 aromatic rings. The second kappa shape index (κ2) is 9.57. The Labute approximate surface area is 275 Å². The molecule has 11 rings (SSSR count). The molecule has 2 aromatic heterocycles. The van der Waals surface area contributed by atoms with Crippen LogP contribution in [-0.2, 0) is 0 Å². The quantitative estimate of drug-likeness (QED) is 0.182. The van der Waals surface area contributed by atoms with E-state index in [1.54, 1.807) is 0 Å². The Balaban J connectivity index is 1.22. The Morgan fingerprint density at radius 1 is 0.271 bits per heavy atom. The fourth-order valence-electron chi connectivity index (χ4n) is 8.16. The monoisotopic (exact) mass is 610 g/mol. The minimum atomic E-state index is 0.906. The Bertz CT molecular complexity index is 2850. The number of rotatable bonds is 2. The highest BCUT2D eigenvalue weighted by atomic mass is 16.3. The molecule has 2 heteroatoms. The van der Waals surface area contributed by atoms with Crippen molar-refractivity contribution in [1.29, 1.82) is 0 Å². The molecule has 0 spiro atoms. The number of hydrogen-bond acceptors (Lipinski definition) is 2. The molecular weight excluding hydrogens is 585 g/mol. The van der Waals surface area contributed by atoms with E-state index in [1.807, 2.05) is 0 Å². The average molecular weight is 611 g/mol.